The van der Waals surface area contributed by atoms with E-state index in [-0.39, 0.29) is 5.91 Å². The van der Waals surface area contributed by atoms with Crippen LogP contribution in [0.2, 0.25) is 5.02 Å². The van der Waals surface area contributed by atoms with Crippen molar-refractivity contribution in [2.45, 2.75) is 45.6 Å². The van der Waals surface area contributed by atoms with Gasteiger partial charge in [-0.3, -0.25) is 14.7 Å². The van der Waals surface area contributed by atoms with Crippen LogP contribution in [-0.4, -0.2) is 34.5 Å². The maximum atomic E-state index is 12.9. The van der Waals surface area contributed by atoms with Gasteiger partial charge in [0.2, 0.25) is 5.95 Å². The second-order valence-corrected chi connectivity index (χ2v) is 8.25. The van der Waals surface area contributed by atoms with Gasteiger partial charge in [0, 0.05) is 25.9 Å². The third-order valence-corrected chi connectivity index (χ3v) is 6.18. The van der Waals surface area contributed by atoms with E-state index in [1.165, 1.54) is 5.56 Å². The first kappa shape index (κ1) is 19.7. The first-order valence-electron chi connectivity index (χ1n) is 10.0. The van der Waals surface area contributed by atoms with Crippen molar-refractivity contribution < 1.29 is 4.79 Å². The van der Waals surface area contributed by atoms with Crippen molar-refractivity contribution in [2.75, 3.05) is 24.3 Å². The number of nitrogens with zero attached hydrogens (tertiary/aromatic N) is 4. The highest BCUT2D eigenvalue weighted by atomic mass is 35.5. The molecule has 0 aliphatic carbocycles. The largest absolute Gasteiger partial charge is 0.363 e. The molecule has 0 bridgehead atoms. The fourth-order valence-corrected chi connectivity index (χ4v) is 4.48. The molecule has 1 unspecified atom stereocenters. The Hall–Kier alpha value is -2.60. The van der Waals surface area contributed by atoms with Crippen LogP contribution in [0.15, 0.2) is 24.4 Å². The minimum absolute atomic E-state index is 0.110. The predicted molar refractivity (Wildman–Crippen MR) is 118 cm³/mol. The van der Waals surface area contributed by atoms with Gasteiger partial charge in [0.1, 0.15) is 11.9 Å². The van der Waals surface area contributed by atoms with Crippen LogP contribution in [0.1, 0.15) is 55.3 Å². The highest BCUT2D eigenvalue weighted by Gasteiger charge is 2.37. The summed E-state index contributed by atoms with van der Waals surface area (Å²) in [6.07, 6.45) is 3.84. The van der Waals surface area contributed by atoms with Crippen LogP contribution in [0.4, 0.5) is 11.8 Å². The number of rotatable bonds is 5. The summed E-state index contributed by atoms with van der Waals surface area (Å²) in [6, 6.07) is 5.46. The number of pyridine rings is 1. The van der Waals surface area contributed by atoms with Crippen LogP contribution < -0.4 is 10.2 Å². The molecule has 29 heavy (non-hydrogen) atoms. The summed E-state index contributed by atoms with van der Waals surface area (Å²) in [7, 11) is 3.90. The number of fused-ring (bicyclic) bond motifs is 3. The summed E-state index contributed by atoms with van der Waals surface area (Å²) in [5.41, 5.74) is 4.73. The van der Waals surface area contributed by atoms with Gasteiger partial charge in [0.25, 0.3) is 5.91 Å². The topological polar surface area (TPSA) is 63.1 Å². The molecule has 6 nitrogen and oxygen atoms in total. The molecule has 0 radical (unpaired) electrons. The maximum Gasteiger partial charge on any atom is 0.254 e. The SMILES string of the molecule is CCC(CC)c1ccc(Cl)c2c1nc1n2C(c2cnc(N(C)C)cc2C)C(=O)N1. The Morgan fingerprint density at radius 1 is 1.28 bits per heavy atom. The Balaban J connectivity index is 1.92. The fraction of sp³-hybridized carbons (Fsp3) is 0.409. The van der Waals surface area contributed by atoms with Gasteiger partial charge in [-0.05, 0) is 48.9 Å². The van der Waals surface area contributed by atoms with E-state index in [1.54, 1.807) is 6.20 Å². The van der Waals surface area contributed by atoms with E-state index in [0.717, 1.165) is 40.8 Å². The van der Waals surface area contributed by atoms with Gasteiger partial charge in [-0.1, -0.05) is 31.5 Å². The maximum absolute atomic E-state index is 12.9. The molecule has 1 atom stereocenters. The first-order chi connectivity index (χ1) is 13.9. The number of carbonyl (C=O) groups excluding carboxylic acids is 1. The monoisotopic (exact) mass is 411 g/mol. The van der Waals surface area contributed by atoms with E-state index in [0.29, 0.717) is 16.9 Å². The highest BCUT2D eigenvalue weighted by Crippen LogP contribution is 2.41. The number of aromatic nitrogens is 3. The van der Waals surface area contributed by atoms with Gasteiger partial charge in [-0.25, -0.2) is 9.97 Å². The smallest absolute Gasteiger partial charge is 0.254 e. The van der Waals surface area contributed by atoms with Crippen LogP contribution in [0.5, 0.6) is 0 Å². The Kier molecular flexibility index (Phi) is 4.99. The Morgan fingerprint density at radius 2 is 2.00 bits per heavy atom. The Labute approximate surface area is 175 Å². The molecule has 3 heterocycles. The molecule has 0 saturated carbocycles. The van der Waals surface area contributed by atoms with Gasteiger partial charge < -0.3 is 4.90 Å². The van der Waals surface area contributed by atoms with Crippen molar-refractivity contribution in [3.8, 4) is 0 Å². The minimum atomic E-state index is -0.534. The van der Waals surface area contributed by atoms with Crippen molar-refractivity contribution in [2.24, 2.45) is 0 Å². The van der Waals surface area contributed by atoms with E-state index in [1.807, 2.05) is 42.6 Å². The van der Waals surface area contributed by atoms with Crippen molar-refractivity contribution >= 4 is 40.3 Å². The molecule has 3 aromatic rings. The minimum Gasteiger partial charge on any atom is -0.363 e. The number of nitrogens with one attached hydrogen (secondary N) is 1. The van der Waals surface area contributed by atoms with Gasteiger partial charge in [-0.15, -0.1) is 0 Å². The number of hydrogen-bond donors (Lipinski definition) is 1. The average molecular weight is 412 g/mol. The third kappa shape index (κ3) is 3.06. The molecular weight excluding hydrogens is 386 g/mol. The average Bonchev–Trinajstić information content (AvgIpc) is 3.19. The summed E-state index contributed by atoms with van der Waals surface area (Å²) in [5, 5.41) is 3.55. The molecule has 152 valence electrons. The van der Waals surface area contributed by atoms with Crippen molar-refractivity contribution in [1.29, 1.82) is 0 Å². The quantitative estimate of drug-likeness (QED) is 0.648. The zero-order valence-electron chi connectivity index (χ0n) is 17.5. The molecule has 4 rings (SSSR count). The first-order valence-corrected chi connectivity index (χ1v) is 10.4. The number of halogens is 1. The van der Waals surface area contributed by atoms with E-state index >= 15 is 0 Å². The van der Waals surface area contributed by atoms with E-state index in [4.69, 9.17) is 16.6 Å². The fourth-order valence-electron chi connectivity index (χ4n) is 4.24. The van der Waals surface area contributed by atoms with Crippen molar-refractivity contribution in [3.63, 3.8) is 0 Å². The number of imidazole rings is 1. The van der Waals surface area contributed by atoms with E-state index in [9.17, 15) is 4.79 Å². The van der Waals surface area contributed by atoms with Crippen LogP contribution in [0, 0.1) is 6.92 Å². The standard InChI is InChI=1S/C22H26ClN5O/c1-6-13(7-2)14-8-9-16(23)20-18(14)25-22-26-21(29)19(28(20)22)15-11-24-17(27(4)5)10-12(15)3/h8-11,13,19H,6-7H2,1-5H3,(H,25,26,29). The lowest BCUT2D eigenvalue weighted by atomic mass is 9.93. The van der Waals surface area contributed by atoms with Crippen molar-refractivity contribution in [3.05, 3.63) is 46.1 Å². The summed E-state index contributed by atoms with van der Waals surface area (Å²) < 4.78 is 1.94. The lowest BCUT2D eigenvalue weighted by Gasteiger charge is -2.19. The normalized spacial score (nSPS) is 15.8. The van der Waals surface area contributed by atoms with Crippen molar-refractivity contribution in [1.82, 2.24) is 14.5 Å². The Bertz CT molecular complexity index is 1100. The number of benzene rings is 1. The van der Waals surface area contributed by atoms with E-state index in [2.05, 4.69) is 30.2 Å². The summed E-state index contributed by atoms with van der Waals surface area (Å²) >= 11 is 6.63. The van der Waals surface area contributed by atoms with Gasteiger partial charge in [-0.2, -0.15) is 0 Å². The summed E-state index contributed by atoms with van der Waals surface area (Å²) in [6.45, 7) is 6.38. The lowest BCUT2D eigenvalue weighted by molar-refractivity contribution is -0.117. The number of aryl methyl sites for hydroxylation is 1. The molecule has 1 aromatic carbocycles. The highest BCUT2D eigenvalue weighted by molar-refractivity contribution is 6.35. The van der Waals surface area contributed by atoms with Crippen LogP contribution >= 0.6 is 11.6 Å². The number of carbonyl (C=O) groups is 1. The predicted octanol–water partition coefficient (Wildman–Crippen LogP) is 4.90. The number of hydrogen-bond acceptors (Lipinski definition) is 4. The molecule has 1 aliphatic heterocycles. The van der Waals surface area contributed by atoms with Gasteiger partial charge >= 0.3 is 0 Å². The summed E-state index contributed by atoms with van der Waals surface area (Å²) in [4.78, 5) is 24.2. The molecule has 7 heteroatoms. The Morgan fingerprint density at radius 3 is 2.62 bits per heavy atom. The number of amides is 1. The second kappa shape index (κ2) is 7.34. The molecule has 0 fully saturated rings. The molecule has 1 amide bonds. The van der Waals surface area contributed by atoms with Crippen LogP contribution in [0.3, 0.4) is 0 Å². The van der Waals surface area contributed by atoms with E-state index < -0.39 is 6.04 Å². The third-order valence-electron chi connectivity index (χ3n) is 5.88. The zero-order valence-corrected chi connectivity index (χ0v) is 18.2. The molecule has 1 N–H and O–H groups in total. The van der Waals surface area contributed by atoms with Gasteiger partial charge in [0.05, 0.1) is 16.1 Å². The molecule has 0 saturated heterocycles. The lowest BCUT2D eigenvalue weighted by Crippen LogP contribution is -2.19. The van der Waals surface area contributed by atoms with Crippen LogP contribution in [0.25, 0.3) is 11.0 Å². The zero-order chi connectivity index (χ0) is 20.9. The molecule has 1 aliphatic rings. The number of anilines is 2. The second-order valence-electron chi connectivity index (χ2n) is 7.84. The summed E-state index contributed by atoms with van der Waals surface area (Å²) in [5.74, 6) is 1.70. The molecule has 0 spiro atoms. The molecule has 2 aromatic heterocycles. The van der Waals surface area contributed by atoms with Crippen LogP contribution in [-0.2, 0) is 4.79 Å². The van der Waals surface area contributed by atoms with Gasteiger partial charge in [0.15, 0.2) is 0 Å². The molecular formula is C22H26ClN5O.